The summed E-state index contributed by atoms with van der Waals surface area (Å²) >= 11 is 1.78. The molecule has 7 nitrogen and oxygen atoms in total. The third-order valence-corrected chi connectivity index (χ3v) is 4.82. The van der Waals surface area contributed by atoms with Crippen molar-refractivity contribution in [1.29, 1.82) is 0 Å². The Labute approximate surface area is 126 Å². The van der Waals surface area contributed by atoms with Crippen molar-refractivity contribution in [2.24, 2.45) is 0 Å². The van der Waals surface area contributed by atoms with Crippen LogP contribution in [-0.4, -0.2) is 38.5 Å². The quantitative estimate of drug-likeness (QED) is 0.636. The van der Waals surface area contributed by atoms with Gasteiger partial charge in [0.05, 0.1) is 4.92 Å². The summed E-state index contributed by atoms with van der Waals surface area (Å²) in [6, 6.07) is 1.45. The molecule has 114 valence electrons. The highest BCUT2D eigenvalue weighted by atomic mass is 32.2. The van der Waals surface area contributed by atoms with Gasteiger partial charge in [0.25, 0.3) is 0 Å². The summed E-state index contributed by atoms with van der Waals surface area (Å²) in [5.41, 5.74) is -0.827. The van der Waals surface area contributed by atoms with Crippen LogP contribution in [0, 0.1) is 10.1 Å². The molecular weight excluding hydrogens is 294 g/mol. The molecule has 2 unspecified atom stereocenters. The molecule has 1 aliphatic rings. The van der Waals surface area contributed by atoms with E-state index in [-0.39, 0.29) is 11.6 Å². The van der Waals surface area contributed by atoms with Gasteiger partial charge in [0.15, 0.2) is 0 Å². The van der Waals surface area contributed by atoms with Gasteiger partial charge in [0, 0.05) is 17.4 Å². The molecule has 2 N–H and O–H groups in total. The van der Waals surface area contributed by atoms with Crippen LogP contribution in [0.15, 0.2) is 12.3 Å². The average Bonchev–Trinajstić information content (AvgIpc) is 2.47. The second-order valence-electron chi connectivity index (χ2n) is 4.96. The monoisotopic (exact) mass is 311 g/mol. The zero-order valence-corrected chi connectivity index (χ0v) is 12.4. The molecule has 1 aliphatic carbocycles. The fraction of sp³-hybridized carbons (Fsp3) is 0.538. The van der Waals surface area contributed by atoms with Gasteiger partial charge >= 0.3 is 11.7 Å². The Kier molecular flexibility index (Phi) is 5.00. The number of nitrogens with one attached hydrogen (secondary N) is 1. The van der Waals surface area contributed by atoms with E-state index in [1.54, 1.807) is 11.8 Å². The zero-order valence-electron chi connectivity index (χ0n) is 11.6. The summed E-state index contributed by atoms with van der Waals surface area (Å²) in [6.07, 6.45) is 7.47. The number of nitrogens with zero attached hydrogens (tertiary/aromatic N) is 2. The van der Waals surface area contributed by atoms with Crippen molar-refractivity contribution < 1.29 is 14.8 Å². The summed E-state index contributed by atoms with van der Waals surface area (Å²) in [6.45, 7) is 0. The maximum Gasteiger partial charge on any atom is 0.342 e. The summed E-state index contributed by atoms with van der Waals surface area (Å²) in [5.74, 6) is -0.943. The largest absolute Gasteiger partial charge is 0.477 e. The second-order valence-corrected chi connectivity index (χ2v) is 6.04. The predicted molar refractivity (Wildman–Crippen MR) is 81.0 cm³/mol. The molecule has 1 aromatic rings. The van der Waals surface area contributed by atoms with E-state index in [1.165, 1.54) is 12.5 Å². The first kappa shape index (κ1) is 15.6. The molecule has 1 aromatic heterocycles. The minimum atomic E-state index is -1.32. The Morgan fingerprint density at radius 1 is 1.52 bits per heavy atom. The summed E-state index contributed by atoms with van der Waals surface area (Å²) < 4.78 is 0. The Hall–Kier alpha value is -1.83. The number of aromatic nitrogens is 1. The van der Waals surface area contributed by atoms with Crippen LogP contribution in [0.3, 0.4) is 0 Å². The van der Waals surface area contributed by atoms with Crippen molar-refractivity contribution >= 4 is 29.2 Å². The van der Waals surface area contributed by atoms with E-state index in [1.807, 2.05) is 0 Å². The van der Waals surface area contributed by atoms with E-state index in [0.29, 0.717) is 11.1 Å². The number of anilines is 1. The molecular formula is C13H17N3O4S. The van der Waals surface area contributed by atoms with Crippen LogP contribution >= 0.6 is 11.8 Å². The summed E-state index contributed by atoms with van der Waals surface area (Å²) in [5, 5.41) is 23.6. The first-order chi connectivity index (χ1) is 10.0. The molecule has 1 heterocycles. The number of aromatic carboxylic acids is 1. The van der Waals surface area contributed by atoms with Gasteiger partial charge in [-0.2, -0.15) is 11.8 Å². The average molecular weight is 311 g/mol. The number of rotatable bonds is 5. The zero-order chi connectivity index (χ0) is 15.4. The van der Waals surface area contributed by atoms with Gasteiger partial charge in [-0.15, -0.1) is 0 Å². The van der Waals surface area contributed by atoms with Crippen molar-refractivity contribution in [3.8, 4) is 0 Å². The van der Waals surface area contributed by atoms with Crippen LogP contribution in [0.25, 0.3) is 0 Å². The van der Waals surface area contributed by atoms with Crippen molar-refractivity contribution in [3.63, 3.8) is 0 Å². The molecule has 8 heteroatoms. The number of hydrogen-bond acceptors (Lipinski definition) is 6. The molecule has 21 heavy (non-hydrogen) atoms. The lowest BCUT2D eigenvalue weighted by molar-refractivity contribution is -0.385. The molecule has 0 bridgehead atoms. The molecule has 2 rings (SSSR count). The van der Waals surface area contributed by atoms with Gasteiger partial charge in [0.2, 0.25) is 0 Å². The second kappa shape index (κ2) is 6.75. The van der Waals surface area contributed by atoms with Crippen molar-refractivity contribution in [2.75, 3.05) is 11.6 Å². The molecule has 0 aliphatic heterocycles. The third kappa shape index (κ3) is 3.63. The van der Waals surface area contributed by atoms with E-state index in [0.717, 1.165) is 25.5 Å². The van der Waals surface area contributed by atoms with Gasteiger partial charge in [-0.25, -0.2) is 9.78 Å². The van der Waals surface area contributed by atoms with Gasteiger partial charge in [-0.05, 0) is 19.1 Å². The minimum Gasteiger partial charge on any atom is -0.477 e. The SMILES string of the molecule is CSC1CCCCC1Nc1cc(C(=O)O)c([N+](=O)[O-])cn1. The highest BCUT2D eigenvalue weighted by Gasteiger charge is 2.26. The van der Waals surface area contributed by atoms with Crippen molar-refractivity contribution in [1.82, 2.24) is 4.98 Å². The van der Waals surface area contributed by atoms with Gasteiger partial charge in [0.1, 0.15) is 17.6 Å². The smallest absolute Gasteiger partial charge is 0.342 e. The van der Waals surface area contributed by atoms with Crippen LogP contribution in [0.4, 0.5) is 11.5 Å². The predicted octanol–water partition coefficient (Wildman–Crippen LogP) is 2.77. The normalized spacial score (nSPS) is 21.8. The van der Waals surface area contributed by atoms with Gasteiger partial charge in [-0.1, -0.05) is 12.8 Å². The summed E-state index contributed by atoms with van der Waals surface area (Å²) in [7, 11) is 0. The molecule has 0 aromatic carbocycles. The third-order valence-electron chi connectivity index (χ3n) is 3.65. The fourth-order valence-corrected chi connectivity index (χ4v) is 3.51. The van der Waals surface area contributed by atoms with Crippen molar-refractivity contribution in [2.45, 2.75) is 37.0 Å². The Morgan fingerprint density at radius 3 is 2.86 bits per heavy atom. The topological polar surface area (TPSA) is 105 Å². The maximum atomic E-state index is 11.1. The number of nitro groups is 1. The highest BCUT2D eigenvalue weighted by Crippen LogP contribution is 2.30. The van der Waals surface area contributed by atoms with E-state index in [4.69, 9.17) is 5.11 Å². The van der Waals surface area contributed by atoms with Crippen LogP contribution in [0.5, 0.6) is 0 Å². The minimum absolute atomic E-state index is 0.212. The number of hydrogen-bond donors (Lipinski definition) is 2. The number of carboxylic acid groups (broad SMARTS) is 1. The lowest BCUT2D eigenvalue weighted by atomic mass is 9.95. The first-order valence-corrected chi connectivity index (χ1v) is 7.98. The molecule has 0 amide bonds. The van der Waals surface area contributed by atoms with Crippen molar-refractivity contribution in [3.05, 3.63) is 27.9 Å². The number of thioether (sulfide) groups is 1. The van der Waals surface area contributed by atoms with E-state index in [9.17, 15) is 14.9 Å². The van der Waals surface area contributed by atoms with E-state index >= 15 is 0 Å². The summed E-state index contributed by atoms with van der Waals surface area (Å²) in [4.78, 5) is 25.2. The lowest BCUT2D eigenvalue weighted by Crippen LogP contribution is -2.34. The van der Waals surface area contributed by atoms with Crippen LogP contribution < -0.4 is 5.32 Å². The van der Waals surface area contributed by atoms with Gasteiger partial charge < -0.3 is 10.4 Å². The standard InChI is InChI=1S/C13H17N3O4S/c1-21-11-5-3-2-4-9(11)15-12-6-8(13(17)18)10(7-14-12)16(19)20/h6-7,9,11H,2-5H2,1H3,(H,14,15)(H,17,18). The van der Waals surface area contributed by atoms with E-state index in [2.05, 4.69) is 16.6 Å². The van der Waals surface area contributed by atoms with E-state index < -0.39 is 16.6 Å². The first-order valence-electron chi connectivity index (χ1n) is 6.70. The van der Waals surface area contributed by atoms with Gasteiger partial charge in [-0.3, -0.25) is 10.1 Å². The van der Waals surface area contributed by atoms with Crippen LogP contribution in [0.2, 0.25) is 0 Å². The lowest BCUT2D eigenvalue weighted by Gasteiger charge is -2.31. The Bertz CT molecular complexity index is 552. The molecule has 1 saturated carbocycles. The highest BCUT2D eigenvalue weighted by molar-refractivity contribution is 7.99. The van der Waals surface area contributed by atoms with Crippen LogP contribution in [0.1, 0.15) is 36.0 Å². The molecule has 0 saturated heterocycles. The number of carbonyl (C=O) groups is 1. The fourth-order valence-electron chi connectivity index (χ4n) is 2.58. The molecule has 2 atom stereocenters. The number of carboxylic acids is 1. The molecule has 1 fully saturated rings. The molecule has 0 radical (unpaired) electrons. The molecule has 0 spiro atoms. The Balaban J connectivity index is 2.22. The Morgan fingerprint density at radius 2 is 2.24 bits per heavy atom. The maximum absolute atomic E-state index is 11.1. The number of pyridine rings is 1. The van der Waals surface area contributed by atoms with Crippen LogP contribution in [-0.2, 0) is 0 Å².